The van der Waals surface area contributed by atoms with Crippen molar-refractivity contribution in [2.45, 2.75) is 31.8 Å². The molecule has 0 aliphatic rings. The maximum Gasteiger partial charge on any atom is 0.153 e. The molecule has 2 rings (SSSR count). The Morgan fingerprint density at radius 1 is 1.00 bits per heavy atom. The molecule has 0 saturated heterocycles. The molecule has 0 spiro atoms. The average molecular weight is 328 g/mol. The number of aldehydes is 1. The molecular formula is C19H21O3P. The van der Waals surface area contributed by atoms with Crippen molar-refractivity contribution in [2.24, 2.45) is 0 Å². The maximum atomic E-state index is 13.9. The number of hydrogen-bond donors (Lipinski definition) is 0. The molecule has 0 saturated carbocycles. The smallest absolute Gasteiger partial charge is 0.153 e. The molecule has 23 heavy (non-hydrogen) atoms. The second kappa shape index (κ2) is 8.03. The topological polar surface area (TPSA) is 51.2 Å². The highest BCUT2D eigenvalue weighted by atomic mass is 31.2. The van der Waals surface area contributed by atoms with Gasteiger partial charge in [0.25, 0.3) is 0 Å². The fourth-order valence-corrected chi connectivity index (χ4v) is 5.63. The standard InChI is InChI=1S/C19H21O3P/c1-2-9-16(21)14-19(15-20)23(22,17-10-5-3-6-11-17)18-12-7-4-8-13-18/h3-8,10-13,15,19H,2,9,14H2,1H3. The third-order valence-corrected chi connectivity index (χ3v) is 7.24. The lowest BCUT2D eigenvalue weighted by molar-refractivity contribution is -0.120. The molecule has 1 unspecified atom stereocenters. The predicted molar refractivity (Wildman–Crippen MR) is 94.1 cm³/mol. The first-order valence-corrected chi connectivity index (χ1v) is 9.58. The van der Waals surface area contributed by atoms with Crippen LogP contribution in [0, 0.1) is 0 Å². The van der Waals surface area contributed by atoms with Gasteiger partial charge in [-0.1, -0.05) is 67.6 Å². The quantitative estimate of drug-likeness (QED) is 0.552. The summed E-state index contributed by atoms with van der Waals surface area (Å²) in [5, 5.41) is 1.24. The van der Waals surface area contributed by atoms with Gasteiger partial charge in [-0.2, -0.15) is 0 Å². The molecule has 0 heterocycles. The number of Topliss-reactive ketones (excluding diaryl/α,β-unsaturated/α-hetero) is 1. The van der Waals surface area contributed by atoms with Crippen molar-refractivity contribution >= 4 is 29.8 Å². The van der Waals surface area contributed by atoms with Crippen molar-refractivity contribution in [1.82, 2.24) is 0 Å². The first kappa shape index (κ1) is 17.4. The molecule has 4 heteroatoms. The maximum absolute atomic E-state index is 13.9. The van der Waals surface area contributed by atoms with E-state index in [1.54, 1.807) is 48.5 Å². The minimum atomic E-state index is -3.20. The largest absolute Gasteiger partial charge is 0.313 e. The van der Waals surface area contributed by atoms with Crippen LogP contribution in [0.4, 0.5) is 0 Å². The van der Waals surface area contributed by atoms with Crippen molar-refractivity contribution in [2.75, 3.05) is 0 Å². The Bertz CT molecular complexity index is 652. The van der Waals surface area contributed by atoms with Crippen molar-refractivity contribution in [3.8, 4) is 0 Å². The highest BCUT2D eigenvalue weighted by Crippen LogP contribution is 2.49. The van der Waals surface area contributed by atoms with Gasteiger partial charge in [0.15, 0.2) is 7.14 Å². The SMILES string of the molecule is CCCC(=O)CC(C=O)P(=O)(c1ccccc1)c1ccccc1. The first-order valence-electron chi connectivity index (χ1n) is 7.80. The molecule has 1 atom stereocenters. The normalized spacial score (nSPS) is 12.6. The Morgan fingerprint density at radius 2 is 1.48 bits per heavy atom. The van der Waals surface area contributed by atoms with Crippen molar-refractivity contribution < 1.29 is 14.2 Å². The van der Waals surface area contributed by atoms with E-state index in [0.29, 0.717) is 23.3 Å². The van der Waals surface area contributed by atoms with E-state index < -0.39 is 12.8 Å². The van der Waals surface area contributed by atoms with Crippen LogP contribution in [-0.2, 0) is 14.2 Å². The number of benzene rings is 2. The third-order valence-electron chi connectivity index (χ3n) is 3.87. The van der Waals surface area contributed by atoms with Crippen LogP contribution in [0.3, 0.4) is 0 Å². The zero-order chi connectivity index (χ0) is 16.7. The molecular weight excluding hydrogens is 307 g/mol. The summed E-state index contributed by atoms with van der Waals surface area (Å²) in [7, 11) is -3.20. The summed E-state index contributed by atoms with van der Waals surface area (Å²) < 4.78 is 13.9. The summed E-state index contributed by atoms with van der Waals surface area (Å²) in [6, 6.07) is 18.0. The number of hydrogen-bond acceptors (Lipinski definition) is 3. The van der Waals surface area contributed by atoms with E-state index in [9.17, 15) is 14.2 Å². The van der Waals surface area contributed by atoms with Gasteiger partial charge < -0.3 is 9.36 Å². The second-order valence-corrected chi connectivity index (χ2v) is 8.54. The van der Waals surface area contributed by atoms with Crippen molar-refractivity contribution in [3.05, 3.63) is 60.7 Å². The number of carbonyl (C=O) groups excluding carboxylic acids is 2. The summed E-state index contributed by atoms with van der Waals surface area (Å²) in [5.74, 6) is -0.0170. The summed E-state index contributed by atoms with van der Waals surface area (Å²) in [6.07, 6.45) is 1.85. The summed E-state index contributed by atoms with van der Waals surface area (Å²) in [5.41, 5.74) is -0.814. The van der Waals surface area contributed by atoms with Gasteiger partial charge in [-0.15, -0.1) is 0 Å². The van der Waals surface area contributed by atoms with E-state index in [1.807, 2.05) is 19.1 Å². The molecule has 0 radical (unpaired) electrons. The Morgan fingerprint density at radius 3 is 1.87 bits per heavy atom. The van der Waals surface area contributed by atoms with E-state index in [2.05, 4.69) is 0 Å². The third kappa shape index (κ3) is 3.86. The van der Waals surface area contributed by atoms with Gasteiger partial charge in [0.2, 0.25) is 0 Å². The molecule has 2 aromatic rings. The van der Waals surface area contributed by atoms with Crippen LogP contribution in [0.25, 0.3) is 0 Å². The Balaban J connectivity index is 2.51. The Hall–Kier alpha value is -1.99. The first-order chi connectivity index (χ1) is 11.1. The van der Waals surface area contributed by atoms with E-state index in [1.165, 1.54) is 0 Å². The van der Waals surface area contributed by atoms with Gasteiger partial charge in [0.05, 0.1) is 5.66 Å². The van der Waals surface area contributed by atoms with Crippen LogP contribution in [-0.4, -0.2) is 17.7 Å². The molecule has 0 aliphatic carbocycles. The molecule has 0 fully saturated rings. The van der Waals surface area contributed by atoms with Gasteiger partial charge >= 0.3 is 0 Å². The zero-order valence-electron chi connectivity index (χ0n) is 13.2. The molecule has 2 aromatic carbocycles. The summed E-state index contributed by atoms with van der Waals surface area (Å²) >= 11 is 0. The highest BCUT2D eigenvalue weighted by molar-refractivity contribution is 7.80. The molecule has 3 nitrogen and oxygen atoms in total. The molecule has 0 aliphatic heterocycles. The van der Waals surface area contributed by atoms with Crippen molar-refractivity contribution in [3.63, 3.8) is 0 Å². The highest BCUT2D eigenvalue weighted by Gasteiger charge is 2.37. The molecule has 0 amide bonds. The van der Waals surface area contributed by atoms with Gasteiger partial charge in [0.1, 0.15) is 12.1 Å². The second-order valence-electron chi connectivity index (χ2n) is 5.53. The van der Waals surface area contributed by atoms with E-state index in [0.717, 1.165) is 6.42 Å². The fourth-order valence-electron chi connectivity index (χ4n) is 2.71. The van der Waals surface area contributed by atoms with Crippen LogP contribution in [0.5, 0.6) is 0 Å². The average Bonchev–Trinajstić information content (AvgIpc) is 2.61. The number of ketones is 1. The molecule has 0 bridgehead atoms. The molecule has 120 valence electrons. The summed E-state index contributed by atoms with van der Waals surface area (Å²) in [4.78, 5) is 23.8. The van der Waals surface area contributed by atoms with Crippen LogP contribution >= 0.6 is 7.14 Å². The van der Waals surface area contributed by atoms with E-state index in [-0.39, 0.29) is 12.2 Å². The lowest BCUT2D eigenvalue weighted by atomic mass is 10.1. The van der Waals surface area contributed by atoms with Gasteiger partial charge in [-0.3, -0.25) is 4.79 Å². The Labute approximate surface area is 137 Å². The van der Waals surface area contributed by atoms with Crippen LogP contribution in [0.2, 0.25) is 0 Å². The Kier molecular flexibility index (Phi) is 6.06. The van der Waals surface area contributed by atoms with Gasteiger partial charge in [-0.25, -0.2) is 0 Å². The summed E-state index contributed by atoms with van der Waals surface area (Å²) in [6.45, 7) is 1.92. The van der Waals surface area contributed by atoms with Crippen LogP contribution in [0.1, 0.15) is 26.2 Å². The zero-order valence-corrected chi connectivity index (χ0v) is 14.1. The fraction of sp³-hybridized carbons (Fsp3) is 0.263. The molecule has 0 aromatic heterocycles. The number of carbonyl (C=O) groups is 2. The molecule has 0 N–H and O–H groups in total. The van der Waals surface area contributed by atoms with Gasteiger partial charge in [0, 0.05) is 23.5 Å². The van der Waals surface area contributed by atoms with E-state index >= 15 is 0 Å². The number of rotatable bonds is 8. The lowest BCUT2D eigenvalue weighted by Crippen LogP contribution is -2.28. The lowest BCUT2D eigenvalue weighted by Gasteiger charge is -2.24. The van der Waals surface area contributed by atoms with Crippen LogP contribution < -0.4 is 10.6 Å². The minimum absolute atomic E-state index is 0.0170. The van der Waals surface area contributed by atoms with Crippen molar-refractivity contribution in [1.29, 1.82) is 0 Å². The van der Waals surface area contributed by atoms with Gasteiger partial charge in [-0.05, 0) is 6.42 Å². The van der Waals surface area contributed by atoms with E-state index in [4.69, 9.17) is 0 Å². The minimum Gasteiger partial charge on any atom is -0.313 e. The monoisotopic (exact) mass is 328 g/mol. The van der Waals surface area contributed by atoms with Crippen LogP contribution in [0.15, 0.2) is 60.7 Å². The predicted octanol–water partition coefficient (Wildman–Crippen LogP) is 3.33.